The summed E-state index contributed by atoms with van der Waals surface area (Å²) < 4.78 is 1.51. The van der Waals surface area contributed by atoms with Crippen molar-refractivity contribution in [1.82, 2.24) is 19.6 Å². The molecule has 0 saturated carbocycles. The molecule has 8 nitrogen and oxygen atoms in total. The van der Waals surface area contributed by atoms with E-state index in [1.807, 2.05) is 31.2 Å². The maximum absolute atomic E-state index is 13.6. The largest absolute Gasteiger partial charge is 0.319 e. The fourth-order valence-electron chi connectivity index (χ4n) is 3.73. The van der Waals surface area contributed by atoms with Crippen LogP contribution in [-0.2, 0) is 11.8 Å². The first-order valence-corrected chi connectivity index (χ1v) is 9.16. The van der Waals surface area contributed by atoms with Crippen LogP contribution in [0.25, 0.3) is 0 Å². The van der Waals surface area contributed by atoms with Gasteiger partial charge >= 0.3 is 0 Å². The summed E-state index contributed by atoms with van der Waals surface area (Å²) in [5.74, 6) is -0.322. The fourth-order valence-corrected chi connectivity index (χ4v) is 3.73. The first-order valence-electron chi connectivity index (χ1n) is 9.16. The van der Waals surface area contributed by atoms with Crippen molar-refractivity contribution < 1.29 is 9.59 Å². The molecule has 0 bridgehead atoms. The Kier molecular flexibility index (Phi) is 4.45. The SMILES string of the molecule is CC(C(=O)N1c2ccccc2NC(=O)c2c1cnn2C)N1CCN(C)CC1. The van der Waals surface area contributed by atoms with Crippen molar-refractivity contribution in [2.45, 2.75) is 13.0 Å². The van der Waals surface area contributed by atoms with E-state index in [1.54, 1.807) is 18.1 Å². The highest BCUT2D eigenvalue weighted by atomic mass is 16.2. The van der Waals surface area contributed by atoms with Gasteiger partial charge in [-0.15, -0.1) is 0 Å². The van der Waals surface area contributed by atoms with Gasteiger partial charge in [0.15, 0.2) is 0 Å². The summed E-state index contributed by atoms with van der Waals surface area (Å²) in [6.07, 6.45) is 1.59. The Morgan fingerprint density at radius 2 is 1.81 bits per heavy atom. The standard InChI is InChI=1S/C19H24N6O2/c1-13(24-10-8-22(2)9-11-24)19(27)25-15-7-5-4-6-14(15)21-18(26)17-16(25)12-20-23(17)3/h4-7,12-13H,8-11H2,1-3H3,(H,21,26). The lowest BCUT2D eigenvalue weighted by molar-refractivity contribution is -0.123. The number of aryl methyl sites for hydroxylation is 1. The molecule has 0 spiro atoms. The van der Waals surface area contributed by atoms with E-state index in [0.29, 0.717) is 22.8 Å². The minimum absolute atomic E-state index is 0.0576. The molecule has 1 aromatic carbocycles. The number of rotatable bonds is 2. The Labute approximate surface area is 158 Å². The second kappa shape index (κ2) is 6.79. The predicted molar refractivity (Wildman–Crippen MR) is 103 cm³/mol. The molecule has 142 valence electrons. The maximum atomic E-state index is 13.6. The average molecular weight is 368 g/mol. The van der Waals surface area contributed by atoms with Gasteiger partial charge in [-0.3, -0.25) is 24.1 Å². The molecule has 1 fully saturated rings. The molecule has 2 amide bonds. The van der Waals surface area contributed by atoms with Crippen molar-refractivity contribution in [1.29, 1.82) is 0 Å². The number of piperazine rings is 1. The van der Waals surface area contributed by atoms with Crippen LogP contribution in [0.1, 0.15) is 17.4 Å². The van der Waals surface area contributed by atoms with E-state index in [0.717, 1.165) is 26.2 Å². The highest BCUT2D eigenvalue weighted by molar-refractivity contribution is 6.17. The van der Waals surface area contributed by atoms with Crippen molar-refractivity contribution in [3.05, 3.63) is 36.2 Å². The highest BCUT2D eigenvalue weighted by Gasteiger charge is 2.36. The Bertz CT molecular complexity index is 884. The van der Waals surface area contributed by atoms with Gasteiger partial charge in [-0.25, -0.2) is 0 Å². The molecule has 1 saturated heterocycles. The minimum Gasteiger partial charge on any atom is -0.319 e. The molecule has 8 heteroatoms. The van der Waals surface area contributed by atoms with Crippen LogP contribution >= 0.6 is 0 Å². The molecule has 0 radical (unpaired) electrons. The van der Waals surface area contributed by atoms with E-state index < -0.39 is 0 Å². The van der Waals surface area contributed by atoms with E-state index in [1.165, 1.54) is 4.68 Å². The van der Waals surface area contributed by atoms with Crippen molar-refractivity contribution in [3.63, 3.8) is 0 Å². The fraction of sp³-hybridized carbons (Fsp3) is 0.421. The summed E-state index contributed by atoms with van der Waals surface area (Å²) in [4.78, 5) is 32.4. The number of anilines is 3. The van der Waals surface area contributed by atoms with E-state index in [4.69, 9.17) is 0 Å². The van der Waals surface area contributed by atoms with Crippen molar-refractivity contribution in [3.8, 4) is 0 Å². The summed E-state index contributed by atoms with van der Waals surface area (Å²) in [5, 5.41) is 7.12. The number of nitrogens with one attached hydrogen (secondary N) is 1. The average Bonchev–Trinajstić information content (AvgIpc) is 2.98. The number of amides is 2. The number of para-hydroxylation sites is 2. The maximum Gasteiger partial charge on any atom is 0.276 e. The smallest absolute Gasteiger partial charge is 0.276 e. The van der Waals surface area contributed by atoms with E-state index in [9.17, 15) is 9.59 Å². The van der Waals surface area contributed by atoms with Crippen LogP contribution in [0.15, 0.2) is 30.5 Å². The monoisotopic (exact) mass is 368 g/mol. The van der Waals surface area contributed by atoms with Crippen molar-refractivity contribution in [2.75, 3.05) is 43.4 Å². The summed E-state index contributed by atoms with van der Waals surface area (Å²) in [6.45, 7) is 5.50. The van der Waals surface area contributed by atoms with Gasteiger partial charge in [0.25, 0.3) is 5.91 Å². The molecule has 3 heterocycles. The molecule has 0 aliphatic carbocycles. The molecular formula is C19H24N6O2. The molecule has 1 aromatic heterocycles. The van der Waals surface area contributed by atoms with Crippen LogP contribution in [0.3, 0.4) is 0 Å². The lowest BCUT2D eigenvalue weighted by atomic mass is 10.1. The Hall–Kier alpha value is -2.71. The normalized spacial score (nSPS) is 19.1. The summed E-state index contributed by atoms with van der Waals surface area (Å²) in [5.41, 5.74) is 2.19. The van der Waals surface area contributed by atoms with E-state index in [-0.39, 0.29) is 17.9 Å². The lowest BCUT2D eigenvalue weighted by Crippen LogP contribution is -2.53. The van der Waals surface area contributed by atoms with Gasteiger partial charge in [0.2, 0.25) is 5.91 Å². The van der Waals surface area contributed by atoms with Crippen molar-refractivity contribution >= 4 is 28.9 Å². The number of nitrogens with zero attached hydrogens (tertiary/aromatic N) is 5. The molecule has 1 atom stereocenters. The first-order chi connectivity index (χ1) is 13.0. The number of carbonyl (C=O) groups is 2. The van der Waals surface area contributed by atoms with E-state index >= 15 is 0 Å². The Balaban J connectivity index is 1.75. The third-order valence-electron chi connectivity index (χ3n) is 5.43. The van der Waals surface area contributed by atoms with Gasteiger partial charge < -0.3 is 10.2 Å². The second-order valence-electron chi connectivity index (χ2n) is 7.16. The van der Waals surface area contributed by atoms with Crippen LogP contribution in [-0.4, -0.2) is 70.7 Å². The molecule has 2 aromatic rings. The zero-order chi connectivity index (χ0) is 19.1. The minimum atomic E-state index is -0.298. The van der Waals surface area contributed by atoms with Gasteiger partial charge in [0, 0.05) is 33.2 Å². The number of benzene rings is 1. The Morgan fingerprint density at radius 1 is 1.11 bits per heavy atom. The third kappa shape index (κ3) is 3.00. The van der Waals surface area contributed by atoms with Crippen LogP contribution in [0.2, 0.25) is 0 Å². The van der Waals surface area contributed by atoms with Crippen LogP contribution in [0.5, 0.6) is 0 Å². The number of likely N-dealkylation sites (N-methyl/N-ethyl adjacent to an activating group) is 1. The quantitative estimate of drug-likeness (QED) is 0.865. The van der Waals surface area contributed by atoms with Gasteiger partial charge in [-0.1, -0.05) is 12.1 Å². The molecule has 1 N–H and O–H groups in total. The zero-order valence-electron chi connectivity index (χ0n) is 15.8. The summed E-state index contributed by atoms with van der Waals surface area (Å²) in [7, 11) is 3.80. The zero-order valence-corrected chi connectivity index (χ0v) is 15.8. The predicted octanol–water partition coefficient (Wildman–Crippen LogP) is 1.29. The highest BCUT2D eigenvalue weighted by Crippen LogP contribution is 2.38. The third-order valence-corrected chi connectivity index (χ3v) is 5.43. The Morgan fingerprint density at radius 3 is 2.56 bits per heavy atom. The number of aromatic nitrogens is 2. The van der Waals surface area contributed by atoms with Gasteiger partial charge in [0.05, 0.1) is 23.6 Å². The molecule has 2 aliphatic heterocycles. The topological polar surface area (TPSA) is 73.7 Å². The molecule has 4 rings (SSSR count). The number of carbonyl (C=O) groups excluding carboxylic acids is 2. The van der Waals surface area contributed by atoms with Gasteiger partial charge in [-0.2, -0.15) is 5.10 Å². The van der Waals surface area contributed by atoms with Gasteiger partial charge in [-0.05, 0) is 26.1 Å². The summed E-state index contributed by atoms with van der Waals surface area (Å²) >= 11 is 0. The second-order valence-corrected chi connectivity index (χ2v) is 7.16. The van der Waals surface area contributed by atoms with Crippen LogP contribution in [0.4, 0.5) is 17.1 Å². The van der Waals surface area contributed by atoms with Crippen LogP contribution < -0.4 is 10.2 Å². The number of hydrogen-bond donors (Lipinski definition) is 1. The first kappa shape index (κ1) is 17.7. The van der Waals surface area contributed by atoms with Crippen molar-refractivity contribution in [2.24, 2.45) is 7.05 Å². The summed E-state index contributed by atoms with van der Waals surface area (Å²) in [6, 6.07) is 7.08. The van der Waals surface area contributed by atoms with Crippen LogP contribution in [0, 0.1) is 0 Å². The molecule has 27 heavy (non-hydrogen) atoms. The molecule has 2 aliphatic rings. The number of fused-ring (bicyclic) bond motifs is 2. The lowest BCUT2D eigenvalue weighted by Gasteiger charge is -2.37. The van der Waals surface area contributed by atoms with E-state index in [2.05, 4.69) is 27.3 Å². The van der Waals surface area contributed by atoms with Gasteiger partial charge in [0.1, 0.15) is 11.4 Å². The molecular weight excluding hydrogens is 344 g/mol. The number of hydrogen-bond acceptors (Lipinski definition) is 5. The molecule has 1 unspecified atom stereocenters.